The van der Waals surface area contributed by atoms with E-state index < -0.39 is 0 Å². The van der Waals surface area contributed by atoms with Crippen molar-refractivity contribution in [1.29, 1.82) is 5.26 Å². The van der Waals surface area contributed by atoms with Crippen LogP contribution in [0.3, 0.4) is 0 Å². The predicted molar refractivity (Wildman–Crippen MR) is 70.1 cm³/mol. The van der Waals surface area contributed by atoms with E-state index in [1.165, 1.54) is 0 Å². The number of nitriles is 1. The Morgan fingerprint density at radius 3 is 2.69 bits per heavy atom. The van der Waals surface area contributed by atoms with Crippen molar-refractivity contribution in [2.24, 2.45) is 0 Å². The van der Waals surface area contributed by atoms with Gasteiger partial charge in [0.05, 0.1) is 12.5 Å². The molecule has 0 aliphatic rings. The van der Waals surface area contributed by atoms with E-state index in [2.05, 4.69) is 11.4 Å². The number of nitrogens with zero attached hydrogens (tertiary/aromatic N) is 2. The molecule has 1 unspecified atom stereocenters. The van der Waals surface area contributed by atoms with Crippen molar-refractivity contribution in [2.75, 3.05) is 12.4 Å². The maximum Gasteiger partial charge on any atom is 0.173 e. The van der Waals surface area contributed by atoms with Crippen LogP contribution in [0, 0.1) is 11.3 Å². The van der Waals surface area contributed by atoms with E-state index in [1.807, 2.05) is 49.2 Å². The molecule has 0 bridgehead atoms. The molecular weight excluding hydrogens is 218 g/mol. The summed E-state index contributed by atoms with van der Waals surface area (Å²) in [6.45, 7) is 1.97. The van der Waals surface area contributed by atoms with E-state index in [9.17, 15) is 0 Å². The summed E-state index contributed by atoms with van der Waals surface area (Å²) in [6.07, 6.45) is 0.465. The first-order valence-electron chi connectivity index (χ1n) is 5.11. The normalized spacial score (nSPS) is 11.3. The zero-order valence-electron chi connectivity index (χ0n) is 9.47. The molecule has 16 heavy (non-hydrogen) atoms. The number of anilines is 1. The van der Waals surface area contributed by atoms with E-state index in [-0.39, 0.29) is 6.04 Å². The van der Waals surface area contributed by atoms with Crippen molar-refractivity contribution in [3.63, 3.8) is 0 Å². The Morgan fingerprint density at radius 2 is 2.12 bits per heavy atom. The Balaban J connectivity index is 2.56. The number of nitrogens with one attached hydrogen (secondary N) is 1. The van der Waals surface area contributed by atoms with Gasteiger partial charge in [0.25, 0.3) is 0 Å². The predicted octanol–water partition coefficient (Wildman–Crippen LogP) is 2.62. The average molecular weight is 233 g/mol. The lowest BCUT2D eigenvalue weighted by Gasteiger charge is -2.26. The zero-order chi connectivity index (χ0) is 12.0. The second kappa shape index (κ2) is 6.09. The Hall–Kier alpha value is -1.60. The van der Waals surface area contributed by atoms with Gasteiger partial charge in [0.1, 0.15) is 0 Å². The third-order valence-electron chi connectivity index (χ3n) is 2.39. The Morgan fingerprint density at radius 1 is 1.50 bits per heavy atom. The van der Waals surface area contributed by atoms with Crippen LogP contribution in [0.15, 0.2) is 30.3 Å². The molecule has 0 aliphatic carbocycles. The molecule has 4 heteroatoms. The summed E-state index contributed by atoms with van der Waals surface area (Å²) in [5.74, 6) is 0. The largest absolute Gasteiger partial charge is 0.348 e. The van der Waals surface area contributed by atoms with Crippen LogP contribution in [0.2, 0.25) is 0 Å². The monoisotopic (exact) mass is 233 g/mol. The smallest absolute Gasteiger partial charge is 0.173 e. The molecular formula is C12H15N3S. The third-order valence-corrected chi connectivity index (χ3v) is 2.78. The molecule has 0 aromatic heterocycles. The van der Waals surface area contributed by atoms with Crippen LogP contribution < -0.4 is 5.32 Å². The maximum atomic E-state index is 8.62. The van der Waals surface area contributed by atoms with E-state index in [0.29, 0.717) is 11.5 Å². The van der Waals surface area contributed by atoms with Crippen LogP contribution in [-0.4, -0.2) is 23.1 Å². The SMILES string of the molecule is CC(CC#N)N(C)C(=S)Nc1ccccc1. The van der Waals surface area contributed by atoms with Gasteiger partial charge >= 0.3 is 0 Å². The highest BCUT2D eigenvalue weighted by molar-refractivity contribution is 7.80. The van der Waals surface area contributed by atoms with Gasteiger partial charge in [-0.3, -0.25) is 0 Å². The van der Waals surface area contributed by atoms with E-state index in [0.717, 1.165) is 5.69 Å². The van der Waals surface area contributed by atoms with Crippen LogP contribution in [-0.2, 0) is 0 Å². The first kappa shape index (κ1) is 12.5. The van der Waals surface area contributed by atoms with Gasteiger partial charge in [-0.1, -0.05) is 18.2 Å². The minimum Gasteiger partial charge on any atom is -0.348 e. The van der Waals surface area contributed by atoms with Crippen LogP contribution in [0.25, 0.3) is 0 Å². The molecule has 0 saturated carbocycles. The molecule has 0 fully saturated rings. The molecule has 0 radical (unpaired) electrons. The van der Waals surface area contributed by atoms with E-state index >= 15 is 0 Å². The van der Waals surface area contributed by atoms with Crippen molar-refractivity contribution >= 4 is 23.0 Å². The summed E-state index contributed by atoms with van der Waals surface area (Å²) in [4.78, 5) is 1.89. The van der Waals surface area contributed by atoms with Gasteiger partial charge < -0.3 is 10.2 Å². The Bertz CT molecular complexity index is 383. The van der Waals surface area contributed by atoms with Gasteiger partial charge in [-0.2, -0.15) is 5.26 Å². The van der Waals surface area contributed by atoms with Gasteiger partial charge in [0.2, 0.25) is 0 Å². The number of thiocarbonyl (C=S) groups is 1. The highest BCUT2D eigenvalue weighted by Crippen LogP contribution is 2.08. The minimum absolute atomic E-state index is 0.119. The number of hydrogen-bond donors (Lipinski definition) is 1. The Kier molecular flexibility index (Phi) is 4.74. The number of benzene rings is 1. The molecule has 0 aliphatic heterocycles. The summed E-state index contributed by atoms with van der Waals surface area (Å²) >= 11 is 5.25. The molecule has 0 saturated heterocycles. The minimum atomic E-state index is 0.119. The molecule has 84 valence electrons. The van der Waals surface area contributed by atoms with Crippen molar-refractivity contribution in [2.45, 2.75) is 19.4 Å². The highest BCUT2D eigenvalue weighted by atomic mass is 32.1. The topological polar surface area (TPSA) is 39.1 Å². The van der Waals surface area contributed by atoms with Crippen LogP contribution in [0.4, 0.5) is 5.69 Å². The molecule has 1 aromatic carbocycles. The quantitative estimate of drug-likeness (QED) is 0.815. The second-order valence-corrected chi connectivity index (χ2v) is 4.01. The third kappa shape index (κ3) is 3.52. The van der Waals surface area contributed by atoms with Gasteiger partial charge in [-0.05, 0) is 31.3 Å². The fourth-order valence-electron chi connectivity index (χ4n) is 1.20. The van der Waals surface area contributed by atoms with Gasteiger partial charge in [0, 0.05) is 18.8 Å². The fourth-order valence-corrected chi connectivity index (χ4v) is 1.50. The summed E-state index contributed by atoms with van der Waals surface area (Å²) in [5.41, 5.74) is 0.962. The van der Waals surface area contributed by atoms with Crippen LogP contribution >= 0.6 is 12.2 Å². The zero-order valence-corrected chi connectivity index (χ0v) is 10.3. The van der Waals surface area contributed by atoms with E-state index in [4.69, 9.17) is 17.5 Å². The lowest BCUT2D eigenvalue weighted by Crippen LogP contribution is -2.37. The van der Waals surface area contributed by atoms with Crippen LogP contribution in [0.1, 0.15) is 13.3 Å². The summed E-state index contributed by atoms with van der Waals surface area (Å²) in [6, 6.07) is 12.0. The number of hydrogen-bond acceptors (Lipinski definition) is 2. The van der Waals surface area contributed by atoms with Crippen molar-refractivity contribution in [3.8, 4) is 6.07 Å². The second-order valence-electron chi connectivity index (χ2n) is 3.62. The first-order chi connectivity index (χ1) is 7.65. The lowest BCUT2D eigenvalue weighted by atomic mass is 10.2. The molecule has 1 aromatic rings. The van der Waals surface area contributed by atoms with Gasteiger partial charge in [-0.25, -0.2) is 0 Å². The molecule has 0 heterocycles. The van der Waals surface area contributed by atoms with Crippen molar-refractivity contribution in [1.82, 2.24) is 4.90 Å². The van der Waals surface area contributed by atoms with Gasteiger partial charge in [0.15, 0.2) is 5.11 Å². The number of rotatable bonds is 3. The molecule has 1 rings (SSSR count). The van der Waals surface area contributed by atoms with Gasteiger partial charge in [-0.15, -0.1) is 0 Å². The maximum absolute atomic E-state index is 8.62. The highest BCUT2D eigenvalue weighted by Gasteiger charge is 2.11. The molecule has 0 amide bonds. The lowest BCUT2D eigenvalue weighted by molar-refractivity contribution is 0.401. The number of para-hydroxylation sites is 1. The van der Waals surface area contributed by atoms with Crippen molar-refractivity contribution < 1.29 is 0 Å². The standard InChI is InChI=1S/C12H15N3S/c1-10(8-9-13)15(2)12(16)14-11-6-4-3-5-7-11/h3-7,10H,8H2,1-2H3,(H,14,16). The van der Waals surface area contributed by atoms with Crippen LogP contribution in [0.5, 0.6) is 0 Å². The summed E-state index contributed by atoms with van der Waals surface area (Å²) < 4.78 is 0. The van der Waals surface area contributed by atoms with Crippen molar-refractivity contribution in [3.05, 3.63) is 30.3 Å². The molecule has 3 nitrogen and oxygen atoms in total. The average Bonchev–Trinajstić information content (AvgIpc) is 2.29. The molecule has 1 N–H and O–H groups in total. The fraction of sp³-hybridized carbons (Fsp3) is 0.333. The molecule has 0 spiro atoms. The Labute approximate surface area is 102 Å². The first-order valence-corrected chi connectivity index (χ1v) is 5.51. The summed E-state index contributed by atoms with van der Waals surface area (Å²) in [7, 11) is 1.89. The van der Waals surface area contributed by atoms with E-state index in [1.54, 1.807) is 0 Å². The summed E-state index contributed by atoms with van der Waals surface area (Å²) in [5, 5.41) is 12.4. The molecule has 1 atom stereocenters.